The Morgan fingerprint density at radius 2 is 2.03 bits per heavy atom. The first-order chi connectivity index (χ1) is 15.1. The van der Waals surface area contributed by atoms with Crippen molar-refractivity contribution in [3.8, 4) is 5.75 Å². The molecule has 2 aliphatic heterocycles. The maximum absolute atomic E-state index is 13.4. The van der Waals surface area contributed by atoms with Crippen LogP contribution in [0.1, 0.15) is 24.0 Å². The van der Waals surface area contributed by atoms with Crippen LogP contribution in [0.25, 0.3) is 0 Å². The maximum Gasteiger partial charge on any atom is 0.262 e. The minimum atomic E-state index is -3.97. The number of fused-ring (bicyclic) bond motifs is 1. The number of hydrogen-bond acceptors (Lipinski definition) is 5. The molecule has 2 N–H and O–H groups in total. The Morgan fingerprint density at radius 1 is 1.25 bits per heavy atom. The molecule has 0 unspecified atom stereocenters. The van der Waals surface area contributed by atoms with Gasteiger partial charge in [-0.05, 0) is 49.9 Å². The summed E-state index contributed by atoms with van der Waals surface area (Å²) >= 11 is 6.26. The average Bonchev–Trinajstić information content (AvgIpc) is 2.75. The fraction of sp³-hybridized carbons (Fsp3) is 0.364. The number of halogens is 1. The highest BCUT2D eigenvalue weighted by Crippen LogP contribution is 2.37. The number of benzene rings is 2. The van der Waals surface area contributed by atoms with E-state index in [1.54, 1.807) is 0 Å². The molecule has 0 radical (unpaired) electrons. The quantitative estimate of drug-likeness (QED) is 0.702. The van der Waals surface area contributed by atoms with Crippen molar-refractivity contribution in [1.29, 1.82) is 0 Å². The molecule has 2 aliphatic rings. The van der Waals surface area contributed by atoms with Crippen molar-refractivity contribution in [2.24, 2.45) is 5.92 Å². The van der Waals surface area contributed by atoms with Gasteiger partial charge in [0.1, 0.15) is 10.6 Å². The number of nitrogens with zero attached hydrogens (tertiary/aromatic N) is 1. The molecule has 1 saturated heterocycles. The largest absolute Gasteiger partial charge is 0.482 e. The van der Waals surface area contributed by atoms with Crippen molar-refractivity contribution in [1.82, 2.24) is 4.31 Å². The van der Waals surface area contributed by atoms with Crippen molar-refractivity contribution in [3.05, 3.63) is 46.5 Å². The molecule has 2 amide bonds. The van der Waals surface area contributed by atoms with Gasteiger partial charge in [-0.15, -0.1) is 0 Å². The van der Waals surface area contributed by atoms with Gasteiger partial charge in [0.05, 0.1) is 16.6 Å². The van der Waals surface area contributed by atoms with E-state index in [2.05, 4.69) is 10.6 Å². The number of piperidine rings is 1. The molecule has 0 spiro atoms. The van der Waals surface area contributed by atoms with Gasteiger partial charge >= 0.3 is 0 Å². The van der Waals surface area contributed by atoms with Gasteiger partial charge < -0.3 is 15.4 Å². The Balaban J connectivity index is 1.54. The average molecular weight is 478 g/mol. The van der Waals surface area contributed by atoms with Crippen molar-refractivity contribution in [2.75, 3.05) is 30.3 Å². The molecule has 10 heteroatoms. The second kappa shape index (κ2) is 8.73. The van der Waals surface area contributed by atoms with Gasteiger partial charge in [0.25, 0.3) is 5.91 Å². The lowest BCUT2D eigenvalue weighted by Crippen LogP contribution is -2.43. The highest BCUT2D eigenvalue weighted by molar-refractivity contribution is 7.89. The van der Waals surface area contributed by atoms with Crippen molar-refractivity contribution >= 4 is 44.8 Å². The lowest BCUT2D eigenvalue weighted by molar-refractivity contribution is -0.121. The first-order valence-corrected chi connectivity index (χ1v) is 12.1. The Kier molecular flexibility index (Phi) is 6.15. The molecule has 2 aromatic carbocycles. The van der Waals surface area contributed by atoms with Crippen LogP contribution in [0.2, 0.25) is 5.02 Å². The molecular weight excluding hydrogens is 454 g/mol. The van der Waals surface area contributed by atoms with Crippen LogP contribution < -0.4 is 15.4 Å². The topological polar surface area (TPSA) is 105 Å². The second-order valence-electron chi connectivity index (χ2n) is 8.13. The molecule has 0 aliphatic carbocycles. The summed E-state index contributed by atoms with van der Waals surface area (Å²) in [5, 5.41) is 5.53. The fourth-order valence-corrected chi connectivity index (χ4v) is 5.94. The van der Waals surface area contributed by atoms with Crippen LogP contribution in [0.15, 0.2) is 35.2 Å². The monoisotopic (exact) mass is 477 g/mol. The number of ether oxygens (including phenoxy) is 1. The number of nitrogens with one attached hydrogen (secondary N) is 2. The Hall–Kier alpha value is -2.62. The first-order valence-electron chi connectivity index (χ1n) is 10.3. The molecule has 4 rings (SSSR count). The molecular formula is C22H24ClN3O5S. The van der Waals surface area contributed by atoms with E-state index in [4.69, 9.17) is 16.3 Å². The van der Waals surface area contributed by atoms with Crippen LogP contribution in [0.3, 0.4) is 0 Å². The number of hydrogen-bond donors (Lipinski definition) is 2. The van der Waals surface area contributed by atoms with Gasteiger partial charge in [-0.1, -0.05) is 23.7 Å². The number of sulfonamides is 1. The van der Waals surface area contributed by atoms with E-state index in [9.17, 15) is 18.0 Å². The molecule has 8 nitrogen and oxygen atoms in total. The van der Waals surface area contributed by atoms with Gasteiger partial charge in [-0.25, -0.2) is 8.42 Å². The summed E-state index contributed by atoms with van der Waals surface area (Å²) in [5.74, 6) is -0.779. The minimum Gasteiger partial charge on any atom is -0.482 e. The third kappa shape index (κ3) is 4.46. The Morgan fingerprint density at radius 3 is 2.81 bits per heavy atom. The Bertz CT molecular complexity index is 1200. The van der Waals surface area contributed by atoms with Crippen LogP contribution in [0.4, 0.5) is 11.4 Å². The van der Waals surface area contributed by atoms with Crippen LogP contribution in [-0.2, 0) is 19.6 Å². The highest BCUT2D eigenvalue weighted by Gasteiger charge is 2.35. The zero-order chi connectivity index (χ0) is 23.0. The SMILES string of the molecule is Cc1ccc(C)c(NC(=O)[C@@H]2CCCN(S(=O)(=O)c3cc4c(cc3Cl)NC(=O)CO4)C2)c1. The fourth-order valence-electron chi connectivity index (χ4n) is 3.90. The summed E-state index contributed by atoms with van der Waals surface area (Å²) in [6.45, 7) is 4.01. The van der Waals surface area contributed by atoms with Gasteiger partial charge in [-0.3, -0.25) is 9.59 Å². The Labute approximate surface area is 191 Å². The van der Waals surface area contributed by atoms with Gasteiger partial charge in [0.2, 0.25) is 15.9 Å². The molecule has 32 heavy (non-hydrogen) atoms. The maximum atomic E-state index is 13.4. The van der Waals surface area contributed by atoms with E-state index in [1.807, 2.05) is 32.0 Å². The van der Waals surface area contributed by atoms with E-state index in [-0.39, 0.29) is 40.6 Å². The molecule has 2 aromatic rings. The first kappa shape index (κ1) is 22.6. The van der Waals surface area contributed by atoms with Crippen molar-refractivity contribution in [2.45, 2.75) is 31.6 Å². The van der Waals surface area contributed by atoms with E-state index < -0.39 is 15.9 Å². The zero-order valence-corrected chi connectivity index (χ0v) is 19.3. The summed E-state index contributed by atoms with van der Waals surface area (Å²) in [6.07, 6.45) is 1.15. The predicted octanol–water partition coefficient (Wildman–Crippen LogP) is 3.33. The number of amides is 2. The lowest BCUT2D eigenvalue weighted by atomic mass is 9.98. The highest BCUT2D eigenvalue weighted by atomic mass is 35.5. The third-order valence-corrected chi connectivity index (χ3v) is 8.02. The molecule has 1 fully saturated rings. The van der Waals surface area contributed by atoms with E-state index >= 15 is 0 Å². The van der Waals surface area contributed by atoms with Crippen LogP contribution in [-0.4, -0.2) is 44.2 Å². The number of anilines is 2. The van der Waals surface area contributed by atoms with Gasteiger partial charge in [0.15, 0.2) is 6.61 Å². The van der Waals surface area contributed by atoms with E-state index in [0.717, 1.165) is 16.8 Å². The van der Waals surface area contributed by atoms with Crippen LogP contribution in [0.5, 0.6) is 5.75 Å². The standard InChI is InChI=1S/C22H24ClN3O5S/c1-13-5-6-14(2)17(8-13)25-22(28)15-4-3-7-26(11-15)32(29,30)20-10-19-18(9-16(20)23)24-21(27)12-31-19/h5-6,8-10,15H,3-4,7,11-12H2,1-2H3,(H,24,27)(H,25,28)/t15-/m1/s1. The number of aryl methyl sites for hydroxylation is 2. The van der Waals surface area contributed by atoms with Crippen LogP contribution in [0, 0.1) is 19.8 Å². The zero-order valence-electron chi connectivity index (χ0n) is 17.8. The molecule has 170 valence electrons. The molecule has 1 atom stereocenters. The summed E-state index contributed by atoms with van der Waals surface area (Å²) in [7, 11) is -3.97. The smallest absolute Gasteiger partial charge is 0.262 e. The minimum absolute atomic E-state index is 0.0171. The molecule has 0 bridgehead atoms. The number of carbonyl (C=O) groups excluding carboxylic acids is 2. The summed E-state index contributed by atoms with van der Waals surface area (Å²) in [5.41, 5.74) is 3.03. The number of rotatable bonds is 4. The van der Waals surface area contributed by atoms with Crippen molar-refractivity contribution in [3.63, 3.8) is 0 Å². The van der Waals surface area contributed by atoms with Gasteiger partial charge in [0, 0.05) is 24.8 Å². The number of carbonyl (C=O) groups is 2. The summed E-state index contributed by atoms with van der Waals surface area (Å²) in [6, 6.07) is 8.50. The molecule has 0 saturated carbocycles. The summed E-state index contributed by atoms with van der Waals surface area (Å²) < 4.78 is 33.3. The second-order valence-corrected chi connectivity index (χ2v) is 10.4. The lowest BCUT2D eigenvalue weighted by Gasteiger charge is -2.32. The van der Waals surface area contributed by atoms with E-state index in [0.29, 0.717) is 25.1 Å². The molecule has 2 heterocycles. The van der Waals surface area contributed by atoms with Crippen LogP contribution >= 0.6 is 11.6 Å². The van der Waals surface area contributed by atoms with Gasteiger partial charge in [-0.2, -0.15) is 4.31 Å². The van der Waals surface area contributed by atoms with Crippen molar-refractivity contribution < 1.29 is 22.7 Å². The molecule has 0 aromatic heterocycles. The predicted molar refractivity (Wildman–Crippen MR) is 122 cm³/mol. The normalized spacial score (nSPS) is 19.0. The van der Waals surface area contributed by atoms with E-state index in [1.165, 1.54) is 16.4 Å². The summed E-state index contributed by atoms with van der Waals surface area (Å²) in [4.78, 5) is 24.3. The third-order valence-electron chi connectivity index (χ3n) is 5.69.